The molecule has 2 rings (SSSR count). The molecule has 2 fully saturated rings. The van der Waals surface area contributed by atoms with Gasteiger partial charge in [-0.1, -0.05) is 42.1 Å². The van der Waals surface area contributed by atoms with Crippen LogP contribution in [0.3, 0.4) is 0 Å². The molecule has 2 saturated carbocycles. The van der Waals surface area contributed by atoms with Crippen molar-refractivity contribution in [3.8, 4) is 0 Å². The maximum absolute atomic E-state index is 12.3. The van der Waals surface area contributed by atoms with Crippen molar-refractivity contribution in [2.45, 2.75) is 75.6 Å². The first-order chi connectivity index (χ1) is 8.66. The van der Waals surface area contributed by atoms with E-state index in [2.05, 4.69) is 28.2 Å². The fourth-order valence-electron chi connectivity index (χ4n) is 3.25. The molecule has 3 heteroatoms. The largest absolute Gasteiger partial charge is 0.352 e. The zero-order valence-corrected chi connectivity index (χ0v) is 13.0. The Bertz CT molecular complexity index is 274. The van der Waals surface area contributed by atoms with E-state index in [1.54, 1.807) is 0 Å². The van der Waals surface area contributed by atoms with Gasteiger partial charge in [0.25, 0.3) is 0 Å². The molecule has 2 unspecified atom stereocenters. The fourth-order valence-corrected chi connectivity index (χ4v) is 3.97. The van der Waals surface area contributed by atoms with Crippen molar-refractivity contribution in [1.82, 2.24) is 5.32 Å². The van der Waals surface area contributed by atoms with Gasteiger partial charge in [-0.25, -0.2) is 0 Å². The van der Waals surface area contributed by atoms with Crippen LogP contribution in [0, 0.1) is 11.8 Å². The van der Waals surface area contributed by atoms with Crippen LogP contribution >= 0.6 is 15.9 Å². The minimum absolute atomic E-state index is 0.282. The van der Waals surface area contributed by atoms with E-state index in [-0.39, 0.29) is 5.92 Å². The van der Waals surface area contributed by atoms with Crippen LogP contribution in [0.1, 0.15) is 64.7 Å². The highest BCUT2D eigenvalue weighted by Crippen LogP contribution is 2.29. The van der Waals surface area contributed by atoms with Gasteiger partial charge in [0.2, 0.25) is 5.91 Å². The number of amides is 1. The van der Waals surface area contributed by atoms with Gasteiger partial charge in [-0.15, -0.1) is 0 Å². The molecule has 2 nitrogen and oxygen atoms in total. The molecule has 2 aliphatic rings. The van der Waals surface area contributed by atoms with E-state index in [1.165, 1.54) is 38.5 Å². The molecule has 104 valence electrons. The first kappa shape index (κ1) is 14.4. The summed E-state index contributed by atoms with van der Waals surface area (Å²) in [6, 6.07) is 0.361. The second kappa shape index (κ2) is 6.93. The van der Waals surface area contributed by atoms with Crippen molar-refractivity contribution in [2.24, 2.45) is 11.8 Å². The van der Waals surface area contributed by atoms with Crippen LogP contribution in [-0.4, -0.2) is 16.8 Å². The third kappa shape index (κ3) is 3.97. The van der Waals surface area contributed by atoms with E-state index in [0.717, 1.165) is 25.2 Å². The van der Waals surface area contributed by atoms with Gasteiger partial charge >= 0.3 is 0 Å². The fraction of sp³-hybridized carbons (Fsp3) is 0.933. The summed E-state index contributed by atoms with van der Waals surface area (Å²) in [6.45, 7) is 2.30. The molecule has 0 saturated heterocycles. The Morgan fingerprint density at radius 3 is 2.39 bits per heavy atom. The van der Waals surface area contributed by atoms with Crippen LogP contribution in [0.25, 0.3) is 0 Å². The van der Waals surface area contributed by atoms with Crippen molar-refractivity contribution in [1.29, 1.82) is 0 Å². The van der Waals surface area contributed by atoms with Gasteiger partial charge in [-0.2, -0.15) is 0 Å². The van der Waals surface area contributed by atoms with Crippen LogP contribution in [-0.2, 0) is 4.79 Å². The highest BCUT2D eigenvalue weighted by atomic mass is 79.9. The first-order valence-corrected chi connectivity index (χ1v) is 8.53. The maximum Gasteiger partial charge on any atom is 0.223 e. The van der Waals surface area contributed by atoms with Crippen LogP contribution in [0.4, 0.5) is 0 Å². The van der Waals surface area contributed by atoms with E-state index in [1.807, 2.05) is 0 Å². The van der Waals surface area contributed by atoms with Crippen molar-refractivity contribution >= 4 is 21.8 Å². The van der Waals surface area contributed by atoms with Crippen LogP contribution in [0.5, 0.6) is 0 Å². The lowest BCUT2D eigenvalue weighted by atomic mass is 9.82. The Morgan fingerprint density at radius 1 is 1.00 bits per heavy atom. The van der Waals surface area contributed by atoms with E-state index in [9.17, 15) is 4.79 Å². The molecular formula is C15H26BrNO. The summed E-state index contributed by atoms with van der Waals surface area (Å²) in [7, 11) is 0. The quantitative estimate of drug-likeness (QED) is 0.605. The van der Waals surface area contributed by atoms with Gasteiger partial charge in [-0.3, -0.25) is 4.79 Å². The lowest BCUT2D eigenvalue weighted by molar-refractivity contribution is -0.126. The predicted molar refractivity (Wildman–Crippen MR) is 78.9 cm³/mol. The molecule has 0 aliphatic heterocycles. The molecule has 0 radical (unpaired) electrons. The summed E-state index contributed by atoms with van der Waals surface area (Å²) >= 11 is 3.75. The summed E-state index contributed by atoms with van der Waals surface area (Å²) in [5.41, 5.74) is 0. The monoisotopic (exact) mass is 315 g/mol. The van der Waals surface area contributed by atoms with E-state index >= 15 is 0 Å². The van der Waals surface area contributed by atoms with Crippen LogP contribution < -0.4 is 5.32 Å². The molecule has 0 heterocycles. The Morgan fingerprint density at radius 2 is 1.67 bits per heavy atom. The summed E-state index contributed by atoms with van der Waals surface area (Å²) in [5.74, 6) is 1.42. The summed E-state index contributed by atoms with van der Waals surface area (Å²) in [6.07, 6.45) is 10.8. The zero-order valence-electron chi connectivity index (χ0n) is 11.5. The standard InChI is InChI=1S/C15H26BrNO/c1-11-7-9-12(10-8-11)15(18)17-14-6-4-2-3-5-13(14)16/h11-14H,2-10H2,1H3,(H,17,18). The van der Waals surface area contributed by atoms with E-state index in [4.69, 9.17) is 0 Å². The minimum atomic E-state index is 0.282. The molecule has 0 bridgehead atoms. The zero-order chi connectivity index (χ0) is 13.0. The number of hydrogen-bond acceptors (Lipinski definition) is 1. The average Bonchev–Trinajstić information content (AvgIpc) is 2.56. The minimum Gasteiger partial charge on any atom is -0.352 e. The lowest BCUT2D eigenvalue weighted by Crippen LogP contribution is -2.44. The van der Waals surface area contributed by atoms with Gasteiger partial charge in [0.1, 0.15) is 0 Å². The van der Waals surface area contributed by atoms with Crippen molar-refractivity contribution in [3.63, 3.8) is 0 Å². The number of carbonyl (C=O) groups is 1. The van der Waals surface area contributed by atoms with E-state index < -0.39 is 0 Å². The Labute approximate surface area is 119 Å². The second-order valence-electron chi connectivity index (χ2n) is 6.23. The van der Waals surface area contributed by atoms with Gasteiger partial charge in [-0.05, 0) is 44.4 Å². The number of hydrogen-bond donors (Lipinski definition) is 1. The molecule has 18 heavy (non-hydrogen) atoms. The van der Waals surface area contributed by atoms with Crippen molar-refractivity contribution < 1.29 is 4.79 Å². The first-order valence-electron chi connectivity index (χ1n) is 7.61. The average molecular weight is 316 g/mol. The van der Waals surface area contributed by atoms with Gasteiger partial charge in [0, 0.05) is 16.8 Å². The van der Waals surface area contributed by atoms with Gasteiger partial charge < -0.3 is 5.32 Å². The van der Waals surface area contributed by atoms with Crippen LogP contribution in [0.15, 0.2) is 0 Å². The highest BCUT2D eigenvalue weighted by Gasteiger charge is 2.28. The normalized spacial score (nSPS) is 37.9. The smallest absolute Gasteiger partial charge is 0.223 e. The number of carbonyl (C=O) groups excluding carboxylic acids is 1. The number of alkyl halides is 1. The van der Waals surface area contributed by atoms with Gasteiger partial charge in [0.15, 0.2) is 0 Å². The van der Waals surface area contributed by atoms with Crippen molar-refractivity contribution in [3.05, 3.63) is 0 Å². The topological polar surface area (TPSA) is 29.1 Å². The summed E-state index contributed by atoms with van der Waals surface area (Å²) in [5, 5.41) is 3.31. The summed E-state index contributed by atoms with van der Waals surface area (Å²) in [4.78, 5) is 12.8. The highest BCUT2D eigenvalue weighted by molar-refractivity contribution is 9.09. The van der Waals surface area contributed by atoms with E-state index in [0.29, 0.717) is 16.8 Å². The van der Waals surface area contributed by atoms with Crippen molar-refractivity contribution in [2.75, 3.05) is 0 Å². The Balaban J connectivity index is 1.82. The number of nitrogens with one attached hydrogen (secondary N) is 1. The lowest BCUT2D eigenvalue weighted by Gasteiger charge is -2.28. The third-order valence-corrected chi connectivity index (χ3v) is 5.74. The predicted octanol–water partition coefficient (Wildman–Crippen LogP) is 4.03. The summed E-state index contributed by atoms with van der Waals surface area (Å²) < 4.78 is 0. The number of rotatable bonds is 2. The third-order valence-electron chi connectivity index (χ3n) is 4.65. The van der Waals surface area contributed by atoms with Crippen LogP contribution in [0.2, 0.25) is 0 Å². The Kier molecular flexibility index (Phi) is 5.53. The molecule has 1 amide bonds. The molecule has 0 aromatic rings. The molecular weight excluding hydrogens is 290 g/mol. The molecule has 0 aromatic carbocycles. The second-order valence-corrected chi connectivity index (χ2v) is 7.40. The van der Waals surface area contributed by atoms with Gasteiger partial charge in [0.05, 0.1) is 0 Å². The molecule has 0 spiro atoms. The molecule has 1 N–H and O–H groups in total. The maximum atomic E-state index is 12.3. The molecule has 0 aromatic heterocycles. The molecule has 2 aliphatic carbocycles. The molecule has 2 atom stereocenters. The number of halogens is 1. The Hall–Kier alpha value is -0.0500. The SMILES string of the molecule is CC1CCC(C(=O)NC2CCCCCC2Br)CC1.